The van der Waals surface area contributed by atoms with Crippen molar-refractivity contribution in [3.8, 4) is 11.1 Å². The summed E-state index contributed by atoms with van der Waals surface area (Å²) in [6.07, 6.45) is 0.512. The van der Waals surface area contributed by atoms with Crippen LogP contribution in [-0.4, -0.2) is 70.1 Å². The Morgan fingerprint density at radius 3 is 2.57 bits per heavy atom. The van der Waals surface area contributed by atoms with E-state index in [-0.39, 0.29) is 23.5 Å². The van der Waals surface area contributed by atoms with Gasteiger partial charge in [-0.15, -0.1) is 11.3 Å². The molecule has 2 aliphatic heterocycles. The van der Waals surface area contributed by atoms with Crippen molar-refractivity contribution in [2.45, 2.75) is 12.5 Å². The summed E-state index contributed by atoms with van der Waals surface area (Å²) >= 11 is 1.49. The average molecular weight is 421 g/mol. The fraction of sp³-hybridized carbons (Fsp3) is 0.450. The van der Waals surface area contributed by atoms with Crippen molar-refractivity contribution in [3.63, 3.8) is 0 Å². The number of hydrogen-bond donors (Lipinski definition) is 0. The van der Waals surface area contributed by atoms with Crippen LogP contribution in [0.1, 0.15) is 16.1 Å². The Bertz CT molecular complexity index is 950. The van der Waals surface area contributed by atoms with Crippen molar-refractivity contribution in [1.29, 1.82) is 0 Å². The summed E-state index contributed by atoms with van der Waals surface area (Å²) in [7, 11) is -1.32. The number of ether oxygens (including phenoxy) is 1. The number of sulfone groups is 1. The van der Waals surface area contributed by atoms with Crippen molar-refractivity contribution < 1.29 is 17.9 Å². The highest BCUT2D eigenvalue weighted by atomic mass is 32.2. The van der Waals surface area contributed by atoms with Gasteiger partial charge < -0.3 is 14.5 Å². The standard InChI is InChI=1S/C20H24N2O4S2/c1-21(16-7-12-28(24,25)14-16)19(23)18-13-17(15-5-3-2-4-6-15)20(27-18)22-8-10-26-11-9-22/h2-6,13,16H,7-12,14H2,1H3/t16-/m1/s1. The van der Waals surface area contributed by atoms with Gasteiger partial charge >= 0.3 is 0 Å². The molecule has 0 unspecified atom stereocenters. The molecule has 0 saturated carbocycles. The maximum atomic E-state index is 13.1. The Morgan fingerprint density at radius 1 is 1.21 bits per heavy atom. The van der Waals surface area contributed by atoms with E-state index in [2.05, 4.69) is 4.90 Å². The first-order chi connectivity index (χ1) is 13.4. The molecule has 3 heterocycles. The number of morpholine rings is 1. The Morgan fingerprint density at radius 2 is 1.93 bits per heavy atom. The number of thiophene rings is 1. The first-order valence-electron chi connectivity index (χ1n) is 9.44. The van der Waals surface area contributed by atoms with E-state index in [4.69, 9.17) is 4.74 Å². The molecule has 2 fully saturated rings. The highest BCUT2D eigenvalue weighted by molar-refractivity contribution is 7.91. The van der Waals surface area contributed by atoms with Crippen LogP contribution in [0.5, 0.6) is 0 Å². The maximum absolute atomic E-state index is 13.1. The molecule has 4 rings (SSSR count). The second kappa shape index (κ2) is 7.85. The minimum absolute atomic E-state index is 0.0580. The molecule has 2 aliphatic rings. The van der Waals surface area contributed by atoms with Crippen LogP contribution in [0.15, 0.2) is 36.4 Å². The van der Waals surface area contributed by atoms with Crippen LogP contribution in [0.4, 0.5) is 5.00 Å². The SMILES string of the molecule is CN(C(=O)c1cc(-c2ccccc2)c(N2CCOCC2)s1)[C@@H]1CCS(=O)(=O)C1. The molecule has 0 aliphatic carbocycles. The zero-order valence-corrected chi connectivity index (χ0v) is 17.5. The molecular formula is C20H24N2O4S2. The summed E-state index contributed by atoms with van der Waals surface area (Å²) in [5.41, 5.74) is 2.12. The lowest BCUT2D eigenvalue weighted by molar-refractivity contribution is 0.0752. The van der Waals surface area contributed by atoms with E-state index in [9.17, 15) is 13.2 Å². The molecule has 0 radical (unpaired) electrons. The normalized spacial score (nSPS) is 21.6. The van der Waals surface area contributed by atoms with Gasteiger partial charge in [-0.05, 0) is 18.1 Å². The van der Waals surface area contributed by atoms with Crippen molar-refractivity contribution >= 4 is 32.1 Å². The topological polar surface area (TPSA) is 66.9 Å². The molecule has 2 aromatic rings. The zero-order chi connectivity index (χ0) is 19.7. The van der Waals surface area contributed by atoms with Crippen LogP contribution < -0.4 is 4.90 Å². The molecule has 2 saturated heterocycles. The van der Waals surface area contributed by atoms with E-state index in [1.807, 2.05) is 36.4 Å². The molecule has 1 amide bonds. The minimum atomic E-state index is -3.03. The van der Waals surface area contributed by atoms with Gasteiger partial charge in [-0.25, -0.2) is 8.42 Å². The number of anilines is 1. The summed E-state index contributed by atoms with van der Waals surface area (Å²) in [6.45, 7) is 2.94. The third-order valence-corrected chi connectivity index (χ3v) is 8.32. The van der Waals surface area contributed by atoms with E-state index in [0.717, 1.165) is 29.2 Å². The van der Waals surface area contributed by atoms with Crippen molar-refractivity contribution in [2.75, 3.05) is 49.8 Å². The molecule has 0 spiro atoms. The molecule has 0 bridgehead atoms. The van der Waals surface area contributed by atoms with Gasteiger partial charge in [0.05, 0.1) is 34.6 Å². The van der Waals surface area contributed by atoms with Crippen LogP contribution in [0.25, 0.3) is 11.1 Å². The largest absolute Gasteiger partial charge is 0.378 e. The van der Waals surface area contributed by atoms with Gasteiger partial charge in [-0.1, -0.05) is 30.3 Å². The quantitative estimate of drug-likeness (QED) is 0.760. The van der Waals surface area contributed by atoms with Gasteiger partial charge in [0.1, 0.15) is 0 Å². The molecule has 28 heavy (non-hydrogen) atoms. The van der Waals surface area contributed by atoms with Crippen LogP contribution in [0, 0.1) is 0 Å². The lowest BCUT2D eigenvalue weighted by Gasteiger charge is -2.28. The van der Waals surface area contributed by atoms with Gasteiger partial charge in [0.25, 0.3) is 5.91 Å². The van der Waals surface area contributed by atoms with E-state index in [0.29, 0.717) is 24.5 Å². The molecule has 8 heteroatoms. The lowest BCUT2D eigenvalue weighted by Crippen LogP contribution is -2.37. The summed E-state index contributed by atoms with van der Waals surface area (Å²) in [4.78, 5) is 17.6. The number of nitrogens with zero attached hydrogens (tertiary/aromatic N) is 2. The number of hydrogen-bond acceptors (Lipinski definition) is 6. The minimum Gasteiger partial charge on any atom is -0.378 e. The molecule has 1 atom stereocenters. The fourth-order valence-corrected chi connectivity index (χ4v) is 6.72. The van der Waals surface area contributed by atoms with Crippen molar-refractivity contribution in [1.82, 2.24) is 4.90 Å². The molecule has 1 aromatic heterocycles. The van der Waals surface area contributed by atoms with E-state index in [1.165, 1.54) is 11.3 Å². The predicted molar refractivity (Wildman–Crippen MR) is 112 cm³/mol. The van der Waals surface area contributed by atoms with Crippen LogP contribution in [-0.2, 0) is 14.6 Å². The Hall–Kier alpha value is -1.90. The van der Waals surface area contributed by atoms with Crippen LogP contribution in [0.3, 0.4) is 0 Å². The van der Waals surface area contributed by atoms with Gasteiger partial charge in [0.2, 0.25) is 0 Å². The second-order valence-electron chi connectivity index (χ2n) is 7.27. The maximum Gasteiger partial charge on any atom is 0.264 e. The van der Waals surface area contributed by atoms with Crippen molar-refractivity contribution in [2.24, 2.45) is 0 Å². The molecular weight excluding hydrogens is 396 g/mol. The van der Waals surface area contributed by atoms with Gasteiger partial charge in [0.15, 0.2) is 9.84 Å². The third-order valence-electron chi connectivity index (χ3n) is 5.38. The predicted octanol–water partition coefficient (Wildman–Crippen LogP) is 2.51. The molecule has 6 nitrogen and oxygen atoms in total. The second-order valence-corrected chi connectivity index (χ2v) is 10.5. The van der Waals surface area contributed by atoms with Crippen LogP contribution >= 0.6 is 11.3 Å². The van der Waals surface area contributed by atoms with Gasteiger partial charge in [-0.3, -0.25) is 4.79 Å². The lowest BCUT2D eigenvalue weighted by atomic mass is 10.1. The summed E-state index contributed by atoms with van der Waals surface area (Å²) in [5.74, 6) is 0.111. The van der Waals surface area contributed by atoms with Crippen molar-refractivity contribution in [3.05, 3.63) is 41.3 Å². The number of carbonyl (C=O) groups is 1. The van der Waals surface area contributed by atoms with E-state index < -0.39 is 9.84 Å². The van der Waals surface area contributed by atoms with Gasteiger partial charge in [0, 0.05) is 31.7 Å². The molecule has 150 valence electrons. The monoisotopic (exact) mass is 420 g/mol. The molecule has 0 N–H and O–H groups in total. The summed E-state index contributed by atoms with van der Waals surface area (Å²) < 4.78 is 29.1. The Labute approximate surface area is 169 Å². The molecule has 1 aromatic carbocycles. The van der Waals surface area contributed by atoms with E-state index >= 15 is 0 Å². The summed E-state index contributed by atoms with van der Waals surface area (Å²) in [6, 6.07) is 11.8. The average Bonchev–Trinajstić information content (AvgIpc) is 3.32. The number of rotatable bonds is 4. The van der Waals surface area contributed by atoms with E-state index in [1.54, 1.807) is 11.9 Å². The fourth-order valence-electron chi connectivity index (χ4n) is 3.73. The zero-order valence-electron chi connectivity index (χ0n) is 15.8. The Balaban J connectivity index is 1.65. The first-order valence-corrected chi connectivity index (χ1v) is 12.1. The summed E-state index contributed by atoms with van der Waals surface area (Å²) in [5, 5.41) is 1.07. The first kappa shape index (κ1) is 19.4. The number of amides is 1. The smallest absolute Gasteiger partial charge is 0.264 e. The Kier molecular flexibility index (Phi) is 5.44. The highest BCUT2D eigenvalue weighted by Gasteiger charge is 2.34. The van der Waals surface area contributed by atoms with Gasteiger partial charge in [-0.2, -0.15) is 0 Å². The van der Waals surface area contributed by atoms with Crippen LogP contribution in [0.2, 0.25) is 0 Å². The highest BCUT2D eigenvalue weighted by Crippen LogP contribution is 2.40. The number of benzene rings is 1. The third kappa shape index (κ3) is 3.94. The number of carbonyl (C=O) groups excluding carboxylic acids is 1.